The largest absolute Gasteiger partial charge is 0.0882 e. The standard InChI is InChI=1S/C13H24/c1-3-5-9-13-11-7-6-10-12(13)8-4-2/h6-7,12-13H,3-5,8-11H2,1-2H3. The highest BCUT2D eigenvalue weighted by molar-refractivity contribution is 4.94. The first-order chi connectivity index (χ1) is 6.38. The zero-order chi connectivity index (χ0) is 9.52. The van der Waals surface area contributed by atoms with Crippen LogP contribution < -0.4 is 0 Å². The van der Waals surface area contributed by atoms with Crippen molar-refractivity contribution in [1.82, 2.24) is 0 Å². The molecule has 1 rings (SSSR count). The molecule has 0 aliphatic heterocycles. The van der Waals surface area contributed by atoms with Crippen LogP contribution >= 0.6 is 0 Å². The molecule has 0 N–H and O–H groups in total. The first-order valence-electron chi connectivity index (χ1n) is 6.03. The van der Waals surface area contributed by atoms with Crippen molar-refractivity contribution in [2.75, 3.05) is 0 Å². The minimum Gasteiger partial charge on any atom is -0.0882 e. The molecule has 0 radical (unpaired) electrons. The van der Waals surface area contributed by atoms with Crippen molar-refractivity contribution in [1.29, 1.82) is 0 Å². The van der Waals surface area contributed by atoms with E-state index < -0.39 is 0 Å². The second-order valence-electron chi connectivity index (χ2n) is 4.39. The van der Waals surface area contributed by atoms with Crippen LogP contribution in [0, 0.1) is 11.8 Å². The van der Waals surface area contributed by atoms with Crippen LogP contribution in [0.2, 0.25) is 0 Å². The molecule has 1 aliphatic rings. The molecule has 1 aliphatic carbocycles. The van der Waals surface area contributed by atoms with Crippen molar-refractivity contribution in [3.05, 3.63) is 12.2 Å². The van der Waals surface area contributed by atoms with E-state index in [0.717, 1.165) is 11.8 Å². The molecule has 0 spiro atoms. The topological polar surface area (TPSA) is 0 Å². The van der Waals surface area contributed by atoms with Crippen LogP contribution in [0.4, 0.5) is 0 Å². The van der Waals surface area contributed by atoms with Gasteiger partial charge in [0.25, 0.3) is 0 Å². The molecule has 76 valence electrons. The molecule has 0 saturated carbocycles. The molecule has 0 aromatic heterocycles. The monoisotopic (exact) mass is 180 g/mol. The lowest BCUT2D eigenvalue weighted by Gasteiger charge is -2.28. The Kier molecular flexibility index (Phi) is 5.19. The van der Waals surface area contributed by atoms with E-state index in [9.17, 15) is 0 Å². The van der Waals surface area contributed by atoms with Gasteiger partial charge in [-0.2, -0.15) is 0 Å². The molecule has 0 amide bonds. The van der Waals surface area contributed by atoms with Gasteiger partial charge in [-0.1, -0.05) is 51.7 Å². The predicted molar refractivity (Wildman–Crippen MR) is 59.8 cm³/mol. The molecule has 0 aromatic carbocycles. The normalized spacial score (nSPS) is 27.8. The van der Waals surface area contributed by atoms with Crippen LogP contribution in [-0.2, 0) is 0 Å². The first-order valence-corrected chi connectivity index (χ1v) is 6.03. The molecule has 0 aromatic rings. The van der Waals surface area contributed by atoms with Crippen molar-refractivity contribution in [3.8, 4) is 0 Å². The summed E-state index contributed by atoms with van der Waals surface area (Å²) in [4.78, 5) is 0. The SMILES string of the molecule is CCCCC1CC=CCC1CCC. The van der Waals surface area contributed by atoms with E-state index in [2.05, 4.69) is 26.0 Å². The molecule has 2 atom stereocenters. The van der Waals surface area contributed by atoms with Crippen LogP contribution in [0.3, 0.4) is 0 Å². The first kappa shape index (κ1) is 10.8. The molecule has 0 fully saturated rings. The Morgan fingerprint density at radius 3 is 2.08 bits per heavy atom. The number of rotatable bonds is 5. The maximum atomic E-state index is 2.40. The van der Waals surface area contributed by atoms with Gasteiger partial charge in [0.2, 0.25) is 0 Å². The highest BCUT2D eigenvalue weighted by Gasteiger charge is 2.20. The van der Waals surface area contributed by atoms with Crippen molar-refractivity contribution in [2.24, 2.45) is 11.8 Å². The average molecular weight is 180 g/mol. The summed E-state index contributed by atoms with van der Waals surface area (Å²) in [5.74, 6) is 2.01. The molecule has 13 heavy (non-hydrogen) atoms. The Morgan fingerprint density at radius 2 is 1.54 bits per heavy atom. The van der Waals surface area contributed by atoms with E-state index in [1.807, 2.05) is 0 Å². The fourth-order valence-electron chi connectivity index (χ4n) is 2.47. The minimum absolute atomic E-state index is 1.00. The summed E-state index contributed by atoms with van der Waals surface area (Å²) in [6.07, 6.45) is 14.5. The number of hydrogen-bond acceptors (Lipinski definition) is 0. The third-order valence-electron chi connectivity index (χ3n) is 3.30. The maximum Gasteiger partial charge on any atom is -0.0319 e. The molecular formula is C13H24. The van der Waals surface area contributed by atoms with Crippen LogP contribution in [0.25, 0.3) is 0 Å². The molecular weight excluding hydrogens is 156 g/mol. The Balaban J connectivity index is 2.34. The lowest BCUT2D eigenvalue weighted by Crippen LogP contribution is -2.16. The third-order valence-corrected chi connectivity index (χ3v) is 3.30. The molecule has 2 unspecified atom stereocenters. The molecule has 0 nitrogen and oxygen atoms in total. The van der Waals surface area contributed by atoms with Gasteiger partial charge in [-0.15, -0.1) is 0 Å². The highest BCUT2D eigenvalue weighted by Crippen LogP contribution is 2.32. The van der Waals surface area contributed by atoms with Gasteiger partial charge < -0.3 is 0 Å². The van der Waals surface area contributed by atoms with E-state index in [1.165, 1.54) is 44.9 Å². The summed E-state index contributed by atoms with van der Waals surface area (Å²) in [5.41, 5.74) is 0. The average Bonchev–Trinajstić information content (AvgIpc) is 2.17. The fraction of sp³-hybridized carbons (Fsp3) is 0.846. The number of unbranched alkanes of at least 4 members (excludes halogenated alkanes) is 1. The van der Waals surface area contributed by atoms with Crippen LogP contribution in [0.1, 0.15) is 58.8 Å². The van der Waals surface area contributed by atoms with Gasteiger partial charge in [0, 0.05) is 0 Å². The van der Waals surface area contributed by atoms with Gasteiger partial charge in [0.05, 0.1) is 0 Å². The smallest absolute Gasteiger partial charge is 0.0319 e. The van der Waals surface area contributed by atoms with Gasteiger partial charge in [0.15, 0.2) is 0 Å². The Hall–Kier alpha value is -0.260. The maximum absolute atomic E-state index is 2.40. The van der Waals surface area contributed by atoms with E-state index in [-0.39, 0.29) is 0 Å². The Morgan fingerprint density at radius 1 is 0.923 bits per heavy atom. The van der Waals surface area contributed by atoms with Gasteiger partial charge >= 0.3 is 0 Å². The zero-order valence-corrected chi connectivity index (χ0v) is 9.26. The molecule has 0 heterocycles. The molecule has 0 saturated heterocycles. The summed E-state index contributed by atoms with van der Waals surface area (Å²) in [7, 11) is 0. The second-order valence-corrected chi connectivity index (χ2v) is 4.39. The van der Waals surface area contributed by atoms with Crippen molar-refractivity contribution < 1.29 is 0 Å². The lowest BCUT2D eigenvalue weighted by molar-refractivity contribution is 0.279. The summed E-state index contributed by atoms with van der Waals surface area (Å²) < 4.78 is 0. The lowest BCUT2D eigenvalue weighted by atomic mass is 9.78. The van der Waals surface area contributed by atoms with Crippen molar-refractivity contribution in [2.45, 2.75) is 58.8 Å². The van der Waals surface area contributed by atoms with Crippen molar-refractivity contribution in [3.63, 3.8) is 0 Å². The second kappa shape index (κ2) is 6.23. The van der Waals surface area contributed by atoms with Gasteiger partial charge in [-0.25, -0.2) is 0 Å². The van der Waals surface area contributed by atoms with E-state index in [0.29, 0.717) is 0 Å². The summed E-state index contributed by atoms with van der Waals surface area (Å²) in [5, 5.41) is 0. The van der Waals surface area contributed by atoms with Gasteiger partial charge in [0.1, 0.15) is 0 Å². The van der Waals surface area contributed by atoms with E-state index in [4.69, 9.17) is 0 Å². The number of allylic oxidation sites excluding steroid dienone is 2. The van der Waals surface area contributed by atoms with Gasteiger partial charge in [-0.3, -0.25) is 0 Å². The van der Waals surface area contributed by atoms with E-state index >= 15 is 0 Å². The molecule has 0 bridgehead atoms. The van der Waals surface area contributed by atoms with Gasteiger partial charge in [-0.05, 0) is 31.1 Å². The zero-order valence-electron chi connectivity index (χ0n) is 9.26. The highest BCUT2D eigenvalue weighted by atomic mass is 14.3. The fourth-order valence-corrected chi connectivity index (χ4v) is 2.47. The summed E-state index contributed by atoms with van der Waals surface area (Å²) in [6, 6.07) is 0. The predicted octanol–water partition coefficient (Wildman–Crippen LogP) is 4.56. The Bertz CT molecular complexity index is 146. The summed E-state index contributed by atoms with van der Waals surface area (Å²) in [6.45, 7) is 4.61. The molecule has 0 heteroatoms. The quantitative estimate of drug-likeness (QED) is 0.544. The van der Waals surface area contributed by atoms with Crippen LogP contribution in [0.15, 0.2) is 12.2 Å². The third kappa shape index (κ3) is 3.54. The van der Waals surface area contributed by atoms with Crippen molar-refractivity contribution >= 4 is 0 Å². The summed E-state index contributed by atoms with van der Waals surface area (Å²) >= 11 is 0. The Labute approximate surface area is 83.4 Å². The van der Waals surface area contributed by atoms with E-state index in [1.54, 1.807) is 0 Å². The van der Waals surface area contributed by atoms with Crippen LogP contribution in [-0.4, -0.2) is 0 Å². The van der Waals surface area contributed by atoms with Crippen LogP contribution in [0.5, 0.6) is 0 Å². The number of hydrogen-bond donors (Lipinski definition) is 0. The minimum atomic E-state index is 1.00.